The first kappa shape index (κ1) is 15.2. The second kappa shape index (κ2) is 10.2. The number of Topliss-reactive ketones (excluding diaryl/α,β-unsaturated/α-hetero) is 1. The van der Waals surface area contributed by atoms with Crippen LogP contribution in [0.3, 0.4) is 0 Å². The van der Waals surface area contributed by atoms with Crippen molar-refractivity contribution in [2.45, 2.75) is 20.5 Å². The van der Waals surface area contributed by atoms with Crippen LogP contribution in [0.25, 0.3) is 6.08 Å². The molecule has 152 valence electrons. The minimum atomic E-state index is -0.742. The normalized spacial score (nSPS) is 13.6. The average molecular weight is 405 g/mol. The van der Waals surface area contributed by atoms with Crippen molar-refractivity contribution in [1.82, 2.24) is 0 Å². The maximum absolute atomic E-state index is 13.0. The maximum Gasteiger partial charge on any atom is 0.259 e. The number of anilines is 1. The van der Waals surface area contributed by atoms with Gasteiger partial charge in [-0.1, -0.05) is 74.4 Å². The number of carbonyl (C=O) groups is 2. The molecule has 3 rings (SSSR count). The van der Waals surface area contributed by atoms with Gasteiger partial charge in [0.05, 0.1) is 12.4 Å². The number of ether oxygens (including phenoxy) is 1. The highest BCUT2D eigenvalue weighted by Crippen LogP contribution is 2.19. The number of benzene rings is 3. The van der Waals surface area contributed by atoms with Gasteiger partial charge in [0.15, 0.2) is 5.78 Å². The minimum absolute atomic E-state index is 0.222. The fourth-order valence-corrected chi connectivity index (χ4v) is 2.61. The van der Waals surface area contributed by atoms with Gasteiger partial charge in [0.25, 0.3) is 5.91 Å². The topological polar surface area (TPSA) is 55.4 Å². The lowest BCUT2D eigenvalue weighted by atomic mass is 9.98. The van der Waals surface area contributed by atoms with Crippen LogP contribution in [0.2, 0.25) is 0 Å². The van der Waals surface area contributed by atoms with Crippen LogP contribution in [-0.4, -0.2) is 11.7 Å². The highest BCUT2D eigenvalue weighted by atomic mass is 16.5. The second-order valence-electron chi connectivity index (χ2n) is 6.87. The van der Waals surface area contributed by atoms with Gasteiger partial charge in [0.1, 0.15) is 12.4 Å². The molecule has 0 aliphatic carbocycles. The molecular formula is C26H25NO3. The van der Waals surface area contributed by atoms with Crippen molar-refractivity contribution in [3.63, 3.8) is 0 Å². The van der Waals surface area contributed by atoms with Crippen LogP contribution in [0.4, 0.5) is 5.69 Å². The standard InChI is InChI=1S/C26H25NO3/c1-19(2)25(28)24(17-20-9-5-3-6-10-20)26(29)27-22-13-15-23(16-14-22)30-18-21-11-7-4-8-12-21/h3-17,19H,18H2,1-2H3,(H,27,29)/b24-17+/i3D,5D,6D,9D,10D. The van der Waals surface area contributed by atoms with Gasteiger partial charge in [-0.15, -0.1) is 0 Å². The van der Waals surface area contributed by atoms with Gasteiger partial charge in [-0.3, -0.25) is 9.59 Å². The summed E-state index contributed by atoms with van der Waals surface area (Å²) < 4.78 is 45.3. The van der Waals surface area contributed by atoms with E-state index in [1.807, 2.05) is 30.3 Å². The van der Waals surface area contributed by atoms with E-state index in [-0.39, 0.29) is 11.1 Å². The summed E-state index contributed by atoms with van der Waals surface area (Å²) in [7, 11) is 0. The molecule has 0 fully saturated rings. The highest BCUT2D eigenvalue weighted by molar-refractivity contribution is 6.26. The molecule has 0 heterocycles. The van der Waals surface area contributed by atoms with Gasteiger partial charge in [-0.25, -0.2) is 0 Å². The molecule has 0 bridgehead atoms. The van der Waals surface area contributed by atoms with Gasteiger partial charge in [-0.05, 0) is 41.5 Å². The number of amides is 1. The molecule has 0 aliphatic rings. The Morgan fingerprint density at radius 2 is 1.67 bits per heavy atom. The molecule has 0 atom stereocenters. The summed E-state index contributed by atoms with van der Waals surface area (Å²) in [4.78, 5) is 25.8. The molecule has 1 N–H and O–H groups in total. The van der Waals surface area contributed by atoms with Gasteiger partial charge in [-0.2, -0.15) is 0 Å². The van der Waals surface area contributed by atoms with Crippen molar-refractivity contribution in [1.29, 1.82) is 0 Å². The molecular weight excluding hydrogens is 374 g/mol. The summed E-state index contributed by atoms with van der Waals surface area (Å²) >= 11 is 0. The summed E-state index contributed by atoms with van der Waals surface area (Å²) in [5.74, 6) is -1.21. The zero-order valence-corrected chi connectivity index (χ0v) is 16.8. The third-order valence-corrected chi connectivity index (χ3v) is 4.20. The quantitative estimate of drug-likeness (QED) is 0.306. The Balaban J connectivity index is 1.85. The lowest BCUT2D eigenvalue weighted by molar-refractivity contribution is -0.121. The third-order valence-electron chi connectivity index (χ3n) is 4.20. The molecule has 0 radical (unpaired) electrons. The molecule has 0 aromatic heterocycles. The van der Waals surface area contributed by atoms with E-state index in [2.05, 4.69) is 5.32 Å². The van der Waals surface area contributed by atoms with E-state index in [4.69, 9.17) is 11.6 Å². The van der Waals surface area contributed by atoms with Gasteiger partial charge in [0, 0.05) is 11.6 Å². The summed E-state index contributed by atoms with van der Waals surface area (Å²) in [5, 5.41) is 2.64. The monoisotopic (exact) mass is 404 g/mol. The van der Waals surface area contributed by atoms with E-state index in [0.29, 0.717) is 18.0 Å². The molecule has 3 aromatic rings. The van der Waals surface area contributed by atoms with Crippen molar-refractivity contribution in [2.24, 2.45) is 5.92 Å². The van der Waals surface area contributed by atoms with Crippen LogP contribution in [0.15, 0.2) is 90.4 Å². The Morgan fingerprint density at radius 1 is 1.00 bits per heavy atom. The molecule has 0 unspecified atom stereocenters. The first-order valence-corrected chi connectivity index (χ1v) is 9.51. The summed E-state index contributed by atoms with van der Waals surface area (Å²) in [6.07, 6.45) is 1.06. The predicted molar refractivity (Wildman–Crippen MR) is 120 cm³/mol. The van der Waals surface area contributed by atoms with Crippen LogP contribution >= 0.6 is 0 Å². The zero-order valence-electron chi connectivity index (χ0n) is 21.8. The molecule has 0 aliphatic heterocycles. The minimum Gasteiger partial charge on any atom is -0.489 e. The summed E-state index contributed by atoms with van der Waals surface area (Å²) in [6, 6.07) is 13.7. The molecule has 30 heavy (non-hydrogen) atoms. The highest BCUT2D eigenvalue weighted by Gasteiger charge is 2.21. The number of hydrogen-bond donors (Lipinski definition) is 1. The molecule has 4 nitrogen and oxygen atoms in total. The molecule has 4 heteroatoms. The smallest absolute Gasteiger partial charge is 0.259 e. The van der Waals surface area contributed by atoms with E-state index in [1.165, 1.54) is 0 Å². The van der Waals surface area contributed by atoms with E-state index in [9.17, 15) is 9.59 Å². The Morgan fingerprint density at radius 3 is 2.30 bits per heavy atom. The van der Waals surface area contributed by atoms with Gasteiger partial charge in [0.2, 0.25) is 0 Å². The fraction of sp³-hybridized carbons (Fsp3) is 0.154. The number of rotatable bonds is 8. The molecule has 0 saturated carbocycles. The van der Waals surface area contributed by atoms with E-state index in [1.54, 1.807) is 38.1 Å². The zero-order chi connectivity index (χ0) is 25.7. The van der Waals surface area contributed by atoms with E-state index < -0.39 is 47.8 Å². The van der Waals surface area contributed by atoms with Crippen LogP contribution in [0, 0.1) is 5.92 Å². The number of carbonyl (C=O) groups excluding carboxylic acids is 2. The van der Waals surface area contributed by atoms with E-state index >= 15 is 0 Å². The Labute approximate surface area is 184 Å². The average Bonchev–Trinajstić information content (AvgIpc) is 2.86. The lowest BCUT2D eigenvalue weighted by Crippen LogP contribution is -2.23. The van der Waals surface area contributed by atoms with Crippen molar-refractivity contribution in [3.05, 3.63) is 102 Å². The number of nitrogens with one attached hydrogen (secondary N) is 1. The van der Waals surface area contributed by atoms with Crippen molar-refractivity contribution >= 4 is 23.5 Å². The molecule has 3 aromatic carbocycles. The fourth-order valence-electron chi connectivity index (χ4n) is 2.61. The molecule has 0 spiro atoms. The predicted octanol–water partition coefficient (Wildman–Crippen LogP) is 5.51. The number of ketones is 1. The van der Waals surface area contributed by atoms with Gasteiger partial charge < -0.3 is 10.1 Å². The third kappa shape index (κ3) is 5.92. The Kier molecular flexibility index (Phi) is 5.18. The first-order valence-electron chi connectivity index (χ1n) is 12.0. The van der Waals surface area contributed by atoms with Crippen LogP contribution < -0.4 is 10.1 Å². The Bertz CT molecular complexity index is 1240. The van der Waals surface area contributed by atoms with Crippen molar-refractivity contribution in [2.75, 3.05) is 5.32 Å². The van der Waals surface area contributed by atoms with Crippen molar-refractivity contribution in [3.8, 4) is 5.75 Å². The molecule has 1 amide bonds. The maximum atomic E-state index is 13.0. The van der Waals surface area contributed by atoms with Crippen LogP contribution in [0.5, 0.6) is 5.75 Å². The van der Waals surface area contributed by atoms with Crippen LogP contribution in [-0.2, 0) is 16.2 Å². The SMILES string of the molecule is [2H]c1c([2H])c([2H])c(/C=C(/C(=O)Nc2ccc(OCc3ccccc3)cc2)C(=O)C(C)C)c([2H])c1[2H]. The Hall–Kier alpha value is -3.66. The summed E-state index contributed by atoms with van der Waals surface area (Å²) in [5.41, 5.74) is 0.896. The van der Waals surface area contributed by atoms with Gasteiger partial charge >= 0.3 is 0 Å². The van der Waals surface area contributed by atoms with Crippen LogP contribution in [0.1, 0.15) is 31.8 Å². The van der Waals surface area contributed by atoms with E-state index in [0.717, 1.165) is 11.6 Å². The van der Waals surface area contributed by atoms with Crippen molar-refractivity contribution < 1.29 is 21.2 Å². The lowest BCUT2D eigenvalue weighted by Gasteiger charge is -2.12. The first-order chi connectivity index (χ1) is 16.6. The molecule has 0 saturated heterocycles. The summed E-state index contributed by atoms with van der Waals surface area (Å²) in [6.45, 7) is 3.62. The largest absolute Gasteiger partial charge is 0.489 e. The second-order valence-corrected chi connectivity index (χ2v) is 6.87. The number of hydrogen-bond acceptors (Lipinski definition) is 3.